The molecular formula is C15H13FN4. The summed E-state index contributed by atoms with van der Waals surface area (Å²) < 4.78 is 13.0. The van der Waals surface area contributed by atoms with Crippen LogP contribution in [0.15, 0.2) is 36.4 Å². The van der Waals surface area contributed by atoms with Gasteiger partial charge in [0.25, 0.3) is 0 Å². The quantitative estimate of drug-likeness (QED) is 0.776. The molecule has 1 aromatic carbocycles. The summed E-state index contributed by atoms with van der Waals surface area (Å²) in [7, 11) is 0. The van der Waals surface area contributed by atoms with Crippen LogP contribution < -0.4 is 0 Å². The van der Waals surface area contributed by atoms with E-state index in [2.05, 4.69) is 20.2 Å². The first-order valence-electron chi connectivity index (χ1n) is 6.26. The van der Waals surface area contributed by atoms with E-state index in [9.17, 15) is 4.39 Å². The number of benzene rings is 1. The molecule has 4 nitrogen and oxygen atoms in total. The van der Waals surface area contributed by atoms with E-state index >= 15 is 0 Å². The summed E-state index contributed by atoms with van der Waals surface area (Å²) >= 11 is 0. The molecule has 20 heavy (non-hydrogen) atoms. The van der Waals surface area contributed by atoms with Crippen LogP contribution in [-0.2, 0) is 0 Å². The molecule has 3 aromatic rings. The van der Waals surface area contributed by atoms with Crippen LogP contribution in [0.3, 0.4) is 0 Å². The highest BCUT2D eigenvalue weighted by atomic mass is 19.1. The van der Waals surface area contributed by atoms with Crippen molar-refractivity contribution in [2.45, 2.75) is 13.8 Å². The summed E-state index contributed by atoms with van der Waals surface area (Å²) in [5.41, 5.74) is 4.12. The minimum absolute atomic E-state index is 0.274. The van der Waals surface area contributed by atoms with Gasteiger partial charge in [0.15, 0.2) is 5.82 Å². The van der Waals surface area contributed by atoms with Crippen molar-refractivity contribution >= 4 is 0 Å². The van der Waals surface area contributed by atoms with E-state index in [0.717, 1.165) is 28.3 Å². The van der Waals surface area contributed by atoms with Crippen molar-refractivity contribution < 1.29 is 4.39 Å². The topological polar surface area (TPSA) is 54.5 Å². The van der Waals surface area contributed by atoms with Crippen LogP contribution >= 0.6 is 0 Å². The Morgan fingerprint density at radius 2 is 1.70 bits per heavy atom. The number of halogens is 1. The number of H-pyrrole nitrogens is 1. The molecule has 0 radical (unpaired) electrons. The fraction of sp³-hybridized carbons (Fsp3) is 0.133. The normalized spacial score (nSPS) is 10.8. The van der Waals surface area contributed by atoms with Crippen LogP contribution in [0.1, 0.15) is 11.4 Å². The minimum Gasteiger partial charge on any atom is -0.282 e. The molecule has 0 atom stereocenters. The molecule has 0 aliphatic rings. The summed E-state index contributed by atoms with van der Waals surface area (Å²) in [5, 5.41) is 7.09. The maximum Gasteiger partial charge on any atom is 0.160 e. The molecule has 0 fully saturated rings. The van der Waals surface area contributed by atoms with E-state index in [1.165, 1.54) is 12.1 Å². The Morgan fingerprint density at radius 1 is 0.950 bits per heavy atom. The van der Waals surface area contributed by atoms with Gasteiger partial charge in [0, 0.05) is 17.0 Å². The monoisotopic (exact) mass is 268 g/mol. The van der Waals surface area contributed by atoms with Crippen molar-refractivity contribution in [1.82, 2.24) is 20.2 Å². The maximum atomic E-state index is 13.0. The van der Waals surface area contributed by atoms with Gasteiger partial charge >= 0.3 is 0 Å². The molecule has 0 spiro atoms. The summed E-state index contributed by atoms with van der Waals surface area (Å²) in [5.74, 6) is 0.296. The fourth-order valence-corrected chi connectivity index (χ4v) is 1.98. The van der Waals surface area contributed by atoms with Crippen LogP contribution in [0.4, 0.5) is 4.39 Å². The van der Waals surface area contributed by atoms with Crippen LogP contribution in [0.25, 0.3) is 22.8 Å². The number of aromatic nitrogens is 4. The standard InChI is InChI=1S/C15H13FN4/c1-9-7-13(14-8-10(2)19-20-14)18-15(17-9)11-3-5-12(16)6-4-11/h3-8H,1-2H3,(H,19,20). The molecule has 0 amide bonds. The molecule has 100 valence electrons. The smallest absolute Gasteiger partial charge is 0.160 e. The van der Waals surface area contributed by atoms with E-state index in [-0.39, 0.29) is 5.82 Å². The molecule has 0 saturated carbocycles. The first kappa shape index (κ1) is 12.5. The zero-order valence-electron chi connectivity index (χ0n) is 11.2. The predicted molar refractivity (Wildman–Crippen MR) is 74.5 cm³/mol. The highest BCUT2D eigenvalue weighted by Crippen LogP contribution is 2.21. The van der Waals surface area contributed by atoms with Crippen LogP contribution in [0, 0.1) is 19.7 Å². The van der Waals surface area contributed by atoms with E-state index in [0.29, 0.717) is 5.82 Å². The summed E-state index contributed by atoms with van der Waals surface area (Å²) in [4.78, 5) is 8.90. The van der Waals surface area contributed by atoms with Crippen molar-refractivity contribution in [1.29, 1.82) is 0 Å². The lowest BCUT2D eigenvalue weighted by molar-refractivity contribution is 0.628. The van der Waals surface area contributed by atoms with E-state index in [1.807, 2.05) is 26.0 Å². The zero-order valence-corrected chi connectivity index (χ0v) is 11.2. The van der Waals surface area contributed by atoms with E-state index in [4.69, 9.17) is 0 Å². The lowest BCUT2D eigenvalue weighted by Crippen LogP contribution is -1.95. The van der Waals surface area contributed by atoms with Gasteiger partial charge in [0.1, 0.15) is 11.5 Å². The first-order chi connectivity index (χ1) is 9.61. The van der Waals surface area contributed by atoms with Gasteiger partial charge in [0.05, 0.1) is 5.69 Å². The van der Waals surface area contributed by atoms with Gasteiger partial charge in [-0.25, -0.2) is 14.4 Å². The minimum atomic E-state index is -0.274. The third kappa shape index (κ3) is 2.42. The average Bonchev–Trinajstić information content (AvgIpc) is 2.85. The Morgan fingerprint density at radius 3 is 2.35 bits per heavy atom. The Kier molecular flexibility index (Phi) is 3.02. The van der Waals surface area contributed by atoms with Crippen molar-refractivity contribution in [2.24, 2.45) is 0 Å². The second kappa shape index (κ2) is 4.85. The summed E-state index contributed by atoms with van der Waals surface area (Å²) in [6, 6.07) is 9.95. The van der Waals surface area contributed by atoms with Crippen LogP contribution in [0.2, 0.25) is 0 Å². The first-order valence-corrected chi connectivity index (χ1v) is 6.26. The number of rotatable bonds is 2. The van der Waals surface area contributed by atoms with Gasteiger partial charge < -0.3 is 0 Å². The lowest BCUT2D eigenvalue weighted by atomic mass is 10.2. The largest absolute Gasteiger partial charge is 0.282 e. The van der Waals surface area contributed by atoms with Gasteiger partial charge in [-0.3, -0.25) is 5.10 Å². The molecule has 2 heterocycles. The number of nitrogens with zero attached hydrogens (tertiary/aromatic N) is 3. The van der Waals surface area contributed by atoms with Crippen molar-refractivity contribution in [3.8, 4) is 22.8 Å². The molecule has 5 heteroatoms. The molecule has 0 unspecified atom stereocenters. The maximum absolute atomic E-state index is 13.0. The Labute approximate surface area is 115 Å². The van der Waals surface area contributed by atoms with E-state index < -0.39 is 0 Å². The number of hydrogen-bond donors (Lipinski definition) is 1. The molecule has 3 rings (SSSR count). The second-order valence-corrected chi connectivity index (χ2v) is 4.66. The van der Waals surface area contributed by atoms with Gasteiger partial charge in [-0.2, -0.15) is 5.10 Å². The molecule has 0 saturated heterocycles. The summed E-state index contributed by atoms with van der Waals surface area (Å²) in [6.07, 6.45) is 0. The van der Waals surface area contributed by atoms with Gasteiger partial charge in [0.2, 0.25) is 0 Å². The Hall–Kier alpha value is -2.56. The molecule has 0 aliphatic heterocycles. The molecule has 0 bridgehead atoms. The fourth-order valence-electron chi connectivity index (χ4n) is 1.98. The zero-order chi connectivity index (χ0) is 14.1. The number of aryl methyl sites for hydroxylation is 2. The van der Waals surface area contributed by atoms with Crippen molar-refractivity contribution in [3.05, 3.63) is 53.6 Å². The van der Waals surface area contributed by atoms with Crippen LogP contribution in [0.5, 0.6) is 0 Å². The van der Waals surface area contributed by atoms with Gasteiger partial charge in [-0.05, 0) is 50.2 Å². The van der Waals surface area contributed by atoms with E-state index in [1.54, 1.807) is 12.1 Å². The van der Waals surface area contributed by atoms with Gasteiger partial charge in [-0.1, -0.05) is 0 Å². The van der Waals surface area contributed by atoms with Crippen molar-refractivity contribution in [3.63, 3.8) is 0 Å². The second-order valence-electron chi connectivity index (χ2n) is 4.66. The van der Waals surface area contributed by atoms with Gasteiger partial charge in [-0.15, -0.1) is 0 Å². The molecule has 0 aliphatic carbocycles. The number of nitrogens with one attached hydrogen (secondary N) is 1. The Balaban J connectivity index is 2.09. The van der Waals surface area contributed by atoms with Crippen LogP contribution in [-0.4, -0.2) is 20.2 Å². The van der Waals surface area contributed by atoms with Crippen molar-refractivity contribution in [2.75, 3.05) is 0 Å². The predicted octanol–water partition coefficient (Wildman–Crippen LogP) is 3.29. The average molecular weight is 268 g/mol. The summed E-state index contributed by atoms with van der Waals surface area (Å²) in [6.45, 7) is 3.84. The third-order valence-corrected chi connectivity index (χ3v) is 2.92. The molecule has 1 N–H and O–H groups in total. The molecular weight excluding hydrogens is 255 g/mol. The highest BCUT2D eigenvalue weighted by molar-refractivity contribution is 5.61. The lowest BCUT2D eigenvalue weighted by Gasteiger charge is -2.04. The Bertz CT molecular complexity index is 747. The third-order valence-electron chi connectivity index (χ3n) is 2.92. The molecule has 2 aromatic heterocycles. The number of hydrogen-bond acceptors (Lipinski definition) is 3. The SMILES string of the molecule is Cc1cc(-c2cc(C)[nH]n2)nc(-c2ccc(F)cc2)n1. The number of aromatic amines is 1. The highest BCUT2D eigenvalue weighted by Gasteiger charge is 2.09.